The summed E-state index contributed by atoms with van der Waals surface area (Å²) in [7, 11) is 0. The molecule has 0 radical (unpaired) electrons. The second-order valence-electron chi connectivity index (χ2n) is 6.50. The fourth-order valence-electron chi connectivity index (χ4n) is 3.32. The molecule has 7 heteroatoms. The smallest absolute Gasteiger partial charge is 0.295 e. The zero-order valence-corrected chi connectivity index (χ0v) is 15.2. The molecule has 3 rings (SSSR count). The topological polar surface area (TPSA) is 94.5 Å². The predicted molar refractivity (Wildman–Crippen MR) is 101 cm³/mol. The van der Waals surface area contributed by atoms with Crippen molar-refractivity contribution in [2.24, 2.45) is 0 Å². The molecule has 1 saturated heterocycles. The average molecular weight is 385 g/mol. The third-order valence-corrected chi connectivity index (χ3v) is 4.68. The number of carbonyl (C=O) groups is 2. The van der Waals surface area contributed by atoms with Crippen molar-refractivity contribution < 1.29 is 29.5 Å². The molecule has 1 aliphatic heterocycles. The van der Waals surface area contributed by atoms with E-state index in [1.54, 1.807) is 30.3 Å². The molecule has 1 heterocycles. The first kappa shape index (κ1) is 19.7. The molecule has 0 unspecified atom stereocenters. The van der Waals surface area contributed by atoms with Crippen molar-refractivity contribution in [3.05, 3.63) is 77.1 Å². The van der Waals surface area contributed by atoms with Crippen LogP contribution in [0.15, 0.2) is 60.2 Å². The monoisotopic (exact) mass is 385 g/mol. The van der Waals surface area contributed by atoms with Crippen LogP contribution in [-0.2, 0) is 9.59 Å². The Kier molecular flexibility index (Phi) is 6.18. The second kappa shape index (κ2) is 8.77. The summed E-state index contributed by atoms with van der Waals surface area (Å²) in [6.45, 7) is 1.22. The van der Waals surface area contributed by atoms with Crippen molar-refractivity contribution in [3.8, 4) is 0 Å². The second-order valence-corrected chi connectivity index (χ2v) is 6.50. The summed E-state index contributed by atoms with van der Waals surface area (Å²) in [5, 5.41) is 21.5. The fraction of sp³-hybridized carbons (Fsp3) is 0.238. The van der Waals surface area contributed by atoms with Gasteiger partial charge in [-0.15, -0.1) is 0 Å². The number of hydrogen-bond acceptors (Lipinski definition) is 4. The Morgan fingerprint density at radius 1 is 1.04 bits per heavy atom. The van der Waals surface area contributed by atoms with Crippen LogP contribution in [0.4, 0.5) is 4.39 Å². The van der Waals surface area contributed by atoms with Crippen LogP contribution in [0.25, 0.3) is 5.76 Å². The molecule has 2 aromatic rings. The molecule has 0 aliphatic carbocycles. The summed E-state index contributed by atoms with van der Waals surface area (Å²) in [4.78, 5) is 26.8. The SMILES string of the molecule is O=C1C(=O)N(CC[NH2+]CCO)[C@@H](c2ccc(F)cc2)C1=C(O)c1ccccc1. The number of nitrogens with zero attached hydrogens (tertiary/aromatic N) is 1. The zero-order valence-electron chi connectivity index (χ0n) is 15.2. The highest BCUT2D eigenvalue weighted by molar-refractivity contribution is 6.46. The van der Waals surface area contributed by atoms with Gasteiger partial charge < -0.3 is 20.4 Å². The van der Waals surface area contributed by atoms with Gasteiger partial charge in [0.25, 0.3) is 11.7 Å². The predicted octanol–water partition coefficient (Wildman–Crippen LogP) is 0.803. The first-order valence-electron chi connectivity index (χ1n) is 9.06. The van der Waals surface area contributed by atoms with E-state index in [1.807, 2.05) is 5.32 Å². The lowest BCUT2D eigenvalue weighted by Gasteiger charge is -2.24. The van der Waals surface area contributed by atoms with Gasteiger partial charge in [-0.05, 0) is 17.7 Å². The highest BCUT2D eigenvalue weighted by Crippen LogP contribution is 2.39. The minimum absolute atomic E-state index is 0.00815. The van der Waals surface area contributed by atoms with Gasteiger partial charge in [-0.25, -0.2) is 4.39 Å². The van der Waals surface area contributed by atoms with E-state index < -0.39 is 23.5 Å². The number of aliphatic hydroxyl groups is 2. The van der Waals surface area contributed by atoms with Crippen LogP contribution in [-0.4, -0.2) is 53.0 Å². The maximum atomic E-state index is 13.4. The molecule has 1 fully saturated rings. The molecular formula is C21H22FN2O4+. The summed E-state index contributed by atoms with van der Waals surface area (Å²) in [6, 6.07) is 13.3. The standard InChI is InChI=1S/C21H21FN2O4/c22-16-8-6-14(7-9-16)18-17(19(26)15-4-2-1-3-5-15)20(27)21(28)24(18)12-10-23-11-13-25/h1-9,18,23,25-26H,10-13H2/p+1/t18-/m0/s1. The first-order chi connectivity index (χ1) is 13.5. The maximum absolute atomic E-state index is 13.4. The van der Waals surface area contributed by atoms with Crippen molar-refractivity contribution in [2.45, 2.75) is 6.04 Å². The van der Waals surface area contributed by atoms with E-state index in [2.05, 4.69) is 0 Å². The molecule has 0 saturated carbocycles. The van der Waals surface area contributed by atoms with Crippen LogP contribution in [0.1, 0.15) is 17.2 Å². The number of hydrogen-bond donors (Lipinski definition) is 3. The summed E-state index contributed by atoms with van der Waals surface area (Å²) in [5.74, 6) is -2.16. The maximum Gasteiger partial charge on any atom is 0.295 e. The third kappa shape index (κ3) is 3.95. The molecule has 6 nitrogen and oxygen atoms in total. The van der Waals surface area contributed by atoms with Gasteiger partial charge in [0.15, 0.2) is 0 Å². The van der Waals surface area contributed by atoms with Gasteiger partial charge in [-0.2, -0.15) is 0 Å². The number of rotatable bonds is 7. The van der Waals surface area contributed by atoms with Gasteiger partial charge in [0.2, 0.25) is 0 Å². The molecule has 1 atom stereocenters. The largest absolute Gasteiger partial charge is 0.507 e. The van der Waals surface area contributed by atoms with Crippen LogP contribution in [0.3, 0.4) is 0 Å². The number of amides is 1. The molecule has 0 aromatic heterocycles. The van der Waals surface area contributed by atoms with Gasteiger partial charge in [0.1, 0.15) is 11.6 Å². The van der Waals surface area contributed by atoms with Crippen molar-refractivity contribution >= 4 is 17.4 Å². The fourth-order valence-corrected chi connectivity index (χ4v) is 3.32. The lowest BCUT2D eigenvalue weighted by molar-refractivity contribution is -0.655. The van der Waals surface area contributed by atoms with Gasteiger partial charge in [-0.3, -0.25) is 9.59 Å². The highest BCUT2D eigenvalue weighted by Gasteiger charge is 2.46. The van der Waals surface area contributed by atoms with E-state index in [0.29, 0.717) is 24.2 Å². The Labute approximate surface area is 161 Å². The van der Waals surface area contributed by atoms with Crippen LogP contribution < -0.4 is 5.32 Å². The van der Waals surface area contributed by atoms with Crippen molar-refractivity contribution in [1.29, 1.82) is 0 Å². The molecule has 2 aromatic carbocycles. The van der Waals surface area contributed by atoms with E-state index in [9.17, 15) is 19.1 Å². The first-order valence-corrected chi connectivity index (χ1v) is 9.06. The number of nitrogens with two attached hydrogens (primary N) is 1. The lowest BCUT2D eigenvalue weighted by atomic mass is 9.95. The molecule has 1 amide bonds. The van der Waals surface area contributed by atoms with Crippen molar-refractivity contribution in [1.82, 2.24) is 4.90 Å². The van der Waals surface area contributed by atoms with Crippen LogP contribution in [0.5, 0.6) is 0 Å². The Morgan fingerprint density at radius 3 is 2.36 bits per heavy atom. The molecule has 0 spiro atoms. The average Bonchev–Trinajstić information content (AvgIpc) is 2.97. The number of Topliss-reactive ketones (excluding diaryl/α,β-unsaturated/α-hetero) is 1. The lowest BCUT2D eigenvalue weighted by Crippen LogP contribution is -2.86. The number of ketones is 1. The van der Waals surface area contributed by atoms with Gasteiger partial charge >= 0.3 is 0 Å². The van der Waals surface area contributed by atoms with E-state index in [-0.39, 0.29) is 24.5 Å². The molecule has 28 heavy (non-hydrogen) atoms. The van der Waals surface area contributed by atoms with Crippen LogP contribution in [0.2, 0.25) is 0 Å². The molecule has 1 aliphatic rings. The zero-order chi connectivity index (χ0) is 20.1. The summed E-state index contributed by atoms with van der Waals surface area (Å²) >= 11 is 0. The third-order valence-electron chi connectivity index (χ3n) is 4.68. The van der Waals surface area contributed by atoms with Crippen LogP contribution in [0, 0.1) is 5.82 Å². The van der Waals surface area contributed by atoms with Gasteiger partial charge in [0.05, 0.1) is 37.9 Å². The van der Waals surface area contributed by atoms with Crippen LogP contribution >= 0.6 is 0 Å². The van der Waals surface area contributed by atoms with Crippen molar-refractivity contribution in [3.63, 3.8) is 0 Å². The number of halogens is 1. The Hall–Kier alpha value is -3.03. The number of aliphatic hydroxyl groups excluding tert-OH is 2. The molecular weight excluding hydrogens is 363 g/mol. The molecule has 4 N–H and O–H groups in total. The highest BCUT2D eigenvalue weighted by atomic mass is 19.1. The number of carbonyl (C=O) groups excluding carboxylic acids is 2. The molecule has 146 valence electrons. The summed E-state index contributed by atoms with van der Waals surface area (Å²) in [5.41, 5.74) is 0.963. The van der Waals surface area contributed by atoms with Gasteiger partial charge in [-0.1, -0.05) is 42.5 Å². The Morgan fingerprint density at radius 2 is 1.71 bits per heavy atom. The quantitative estimate of drug-likeness (QED) is 0.284. The number of benzene rings is 2. The van der Waals surface area contributed by atoms with Gasteiger partial charge in [0, 0.05) is 5.56 Å². The minimum atomic E-state index is -0.802. The number of quaternary nitrogens is 1. The minimum Gasteiger partial charge on any atom is -0.507 e. The Balaban J connectivity index is 2.04. The van der Waals surface area contributed by atoms with E-state index in [0.717, 1.165) is 0 Å². The van der Waals surface area contributed by atoms with E-state index in [4.69, 9.17) is 5.11 Å². The van der Waals surface area contributed by atoms with E-state index in [1.165, 1.54) is 29.2 Å². The Bertz CT molecular complexity index is 881. The summed E-state index contributed by atoms with van der Waals surface area (Å²) in [6.07, 6.45) is 0. The number of likely N-dealkylation sites (tertiary alicyclic amines) is 1. The van der Waals surface area contributed by atoms with Crippen molar-refractivity contribution in [2.75, 3.05) is 26.2 Å². The van der Waals surface area contributed by atoms with E-state index >= 15 is 0 Å². The normalized spacial score (nSPS) is 18.6. The summed E-state index contributed by atoms with van der Waals surface area (Å²) < 4.78 is 13.4. The molecule has 0 bridgehead atoms.